The summed E-state index contributed by atoms with van der Waals surface area (Å²) in [5, 5.41) is 6.96. The van der Waals surface area contributed by atoms with E-state index < -0.39 is 0 Å². The van der Waals surface area contributed by atoms with Crippen LogP contribution in [0.15, 0.2) is 35.7 Å². The van der Waals surface area contributed by atoms with Crippen LogP contribution in [0.2, 0.25) is 0 Å². The molecule has 116 valence electrons. The summed E-state index contributed by atoms with van der Waals surface area (Å²) in [5.74, 6) is 1.48. The maximum absolute atomic E-state index is 5.86. The van der Waals surface area contributed by atoms with E-state index in [2.05, 4.69) is 46.4 Å². The third-order valence-corrected chi connectivity index (χ3v) is 3.56. The molecule has 0 amide bonds. The lowest BCUT2D eigenvalue weighted by Gasteiger charge is -2.12. The van der Waals surface area contributed by atoms with Crippen molar-refractivity contribution in [2.45, 2.75) is 26.2 Å². The first kappa shape index (κ1) is 15.8. The maximum atomic E-state index is 5.86. The highest BCUT2D eigenvalue weighted by Crippen LogP contribution is 2.24. The Balaban J connectivity index is 2.23. The zero-order chi connectivity index (χ0) is 15.9. The molecule has 2 rings (SSSR count). The van der Waals surface area contributed by atoms with Crippen LogP contribution < -0.4 is 11.1 Å². The minimum Gasteiger partial charge on any atom is -0.399 e. The van der Waals surface area contributed by atoms with Crippen molar-refractivity contribution in [1.29, 1.82) is 0 Å². The Labute approximate surface area is 130 Å². The van der Waals surface area contributed by atoms with Gasteiger partial charge in [-0.25, -0.2) is 9.97 Å². The van der Waals surface area contributed by atoms with Crippen molar-refractivity contribution < 1.29 is 4.84 Å². The van der Waals surface area contributed by atoms with Crippen LogP contribution in [0, 0.1) is 0 Å². The quantitative estimate of drug-likeness (QED) is 0.631. The fraction of sp³-hybridized carbons (Fsp3) is 0.312. The molecule has 1 heterocycles. The van der Waals surface area contributed by atoms with E-state index >= 15 is 0 Å². The third kappa shape index (κ3) is 3.72. The van der Waals surface area contributed by atoms with Crippen molar-refractivity contribution in [2.24, 2.45) is 5.16 Å². The number of aromatic nitrogens is 2. The molecule has 0 bridgehead atoms. The maximum Gasteiger partial charge on any atom is 0.144 e. The Hall–Kier alpha value is -2.63. The molecule has 22 heavy (non-hydrogen) atoms. The molecule has 0 aliphatic rings. The van der Waals surface area contributed by atoms with Gasteiger partial charge < -0.3 is 15.9 Å². The van der Waals surface area contributed by atoms with Gasteiger partial charge in [0.1, 0.15) is 25.1 Å². The molecule has 0 saturated carbocycles. The number of nitrogens with one attached hydrogen (secondary N) is 1. The molecule has 0 saturated heterocycles. The van der Waals surface area contributed by atoms with Crippen molar-refractivity contribution in [3.63, 3.8) is 0 Å². The summed E-state index contributed by atoms with van der Waals surface area (Å²) in [6, 6.07) is 8.28. The molecule has 6 nitrogen and oxygen atoms in total. The molecule has 1 atom stereocenters. The van der Waals surface area contributed by atoms with Crippen LogP contribution >= 0.6 is 0 Å². The number of oxime groups is 1. The van der Waals surface area contributed by atoms with E-state index in [1.165, 1.54) is 25.2 Å². The van der Waals surface area contributed by atoms with Crippen LogP contribution in [-0.2, 0) is 4.84 Å². The summed E-state index contributed by atoms with van der Waals surface area (Å²) in [7, 11) is 1.47. The summed E-state index contributed by atoms with van der Waals surface area (Å²) in [6.07, 6.45) is 4.02. The van der Waals surface area contributed by atoms with Gasteiger partial charge in [-0.1, -0.05) is 31.1 Å². The standard InChI is InChI=1S/C16H21N5O/c1-4-11(2)12-5-7-13(8-6-12)21-16-14(9-20-22-3)15(17)18-10-19-16/h5-11H,4H2,1-3H3,(H3,17,18,19,21). The first-order chi connectivity index (χ1) is 10.7. The lowest BCUT2D eigenvalue weighted by molar-refractivity contribution is 0.215. The number of nitrogen functional groups attached to an aromatic ring is 1. The molecule has 0 aliphatic heterocycles. The number of benzene rings is 1. The van der Waals surface area contributed by atoms with Gasteiger partial charge in [0.25, 0.3) is 0 Å². The van der Waals surface area contributed by atoms with E-state index in [0.29, 0.717) is 23.1 Å². The van der Waals surface area contributed by atoms with Gasteiger partial charge in [0.05, 0.1) is 11.8 Å². The van der Waals surface area contributed by atoms with Crippen molar-refractivity contribution in [1.82, 2.24) is 9.97 Å². The highest BCUT2D eigenvalue weighted by molar-refractivity contribution is 5.92. The summed E-state index contributed by atoms with van der Waals surface area (Å²) in [5.41, 5.74) is 8.70. The molecule has 0 radical (unpaired) electrons. The van der Waals surface area contributed by atoms with Crippen LogP contribution in [-0.4, -0.2) is 23.3 Å². The van der Waals surface area contributed by atoms with Gasteiger partial charge in [-0.15, -0.1) is 0 Å². The van der Waals surface area contributed by atoms with Gasteiger partial charge in [-0.3, -0.25) is 0 Å². The summed E-state index contributed by atoms with van der Waals surface area (Å²) < 4.78 is 0. The average molecular weight is 299 g/mol. The second-order valence-electron chi connectivity index (χ2n) is 4.99. The van der Waals surface area contributed by atoms with E-state index in [9.17, 15) is 0 Å². The zero-order valence-electron chi connectivity index (χ0n) is 13.1. The molecule has 0 aliphatic carbocycles. The summed E-state index contributed by atoms with van der Waals surface area (Å²) >= 11 is 0. The zero-order valence-corrected chi connectivity index (χ0v) is 13.1. The Morgan fingerprint density at radius 1 is 1.32 bits per heavy atom. The Morgan fingerprint density at radius 3 is 2.68 bits per heavy atom. The van der Waals surface area contributed by atoms with Gasteiger partial charge in [-0.2, -0.15) is 0 Å². The van der Waals surface area contributed by atoms with Crippen LogP contribution in [0.4, 0.5) is 17.3 Å². The Morgan fingerprint density at radius 2 is 2.05 bits per heavy atom. The van der Waals surface area contributed by atoms with Crippen LogP contribution in [0.3, 0.4) is 0 Å². The second kappa shape index (κ2) is 7.40. The number of anilines is 3. The largest absolute Gasteiger partial charge is 0.399 e. The Bertz CT molecular complexity index is 639. The minimum absolute atomic E-state index is 0.342. The van der Waals surface area contributed by atoms with E-state index in [4.69, 9.17) is 10.6 Å². The van der Waals surface area contributed by atoms with Gasteiger partial charge in [0.15, 0.2) is 0 Å². The molecule has 6 heteroatoms. The van der Waals surface area contributed by atoms with Gasteiger partial charge in [0, 0.05) is 5.69 Å². The first-order valence-corrected chi connectivity index (χ1v) is 7.19. The van der Waals surface area contributed by atoms with Crippen molar-refractivity contribution in [2.75, 3.05) is 18.2 Å². The van der Waals surface area contributed by atoms with E-state index in [1.54, 1.807) is 0 Å². The van der Waals surface area contributed by atoms with E-state index in [-0.39, 0.29) is 0 Å². The number of nitrogens with two attached hydrogens (primary N) is 1. The molecule has 1 aromatic carbocycles. The van der Waals surface area contributed by atoms with Crippen molar-refractivity contribution in [3.8, 4) is 0 Å². The lowest BCUT2D eigenvalue weighted by Crippen LogP contribution is -2.05. The molecule has 2 aromatic rings. The summed E-state index contributed by atoms with van der Waals surface area (Å²) in [6.45, 7) is 4.40. The van der Waals surface area contributed by atoms with E-state index in [0.717, 1.165) is 12.1 Å². The number of nitrogens with zero attached hydrogens (tertiary/aromatic N) is 3. The SMILES string of the molecule is CCC(C)c1ccc(Nc2ncnc(N)c2C=NOC)cc1. The minimum atomic E-state index is 0.342. The molecular weight excluding hydrogens is 278 g/mol. The van der Waals surface area contributed by atoms with Gasteiger partial charge >= 0.3 is 0 Å². The smallest absolute Gasteiger partial charge is 0.144 e. The Kier molecular flexibility index (Phi) is 5.30. The van der Waals surface area contributed by atoms with E-state index in [1.807, 2.05) is 12.1 Å². The number of hydrogen-bond donors (Lipinski definition) is 2. The van der Waals surface area contributed by atoms with Crippen molar-refractivity contribution >= 4 is 23.5 Å². The molecule has 1 aromatic heterocycles. The molecule has 0 fully saturated rings. The molecular formula is C16H21N5O. The highest BCUT2D eigenvalue weighted by atomic mass is 16.6. The van der Waals surface area contributed by atoms with Crippen LogP contribution in [0.25, 0.3) is 0 Å². The molecule has 3 N–H and O–H groups in total. The van der Waals surface area contributed by atoms with Crippen LogP contribution in [0.5, 0.6) is 0 Å². The highest BCUT2D eigenvalue weighted by Gasteiger charge is 2.08. The fourth-order valence-corrected chi connectivity index (χ4v) is 2.01. The monoisotopic (exact) mass is 299 g/mol. The van der Waals surface area contributed by atoms with Crippen molar-refractivity contribution in [3.05, 3.63) is 41.7 Å². The predicted molar refractivity (Wildman–Crippen MR) is 89.5 cm³/mol. The number of rotatable bonds is 6. The fourth-order valence-electron chi connectivity index (χ4n) is 2.01. The predicted octanol–water partition coefficient (Wildman–Crippen LogP) is 3.30. The first-order valence-electron chi connectivity index (χ1n) is 7.19. The van der Waals surface area contributed by atoms with Crippen LogP contribution in [0.1, 0.15) is 37.3 Å². The second-order valence-corrected chi connectivity index (χ2v) is 4.99. The summed E-state index contributed by atoms with van der Waals surface area (Å²) in [4.78, 5) is 12.9. The normalized spacial score (nSPS) is 12.3. The molecule has 1 unspecified atom stereocenters. The third-order valence-electron chi connectivity index (χ3n) is 3.56. The number of hydrogen-bond acceptors (Lipinski definition) is 6. The lowest BCUT2D eigenvalue weighted by atomic mass is 9.99. The van der Waals surface area contributed by atoms with Gasteiger partial charge in [-0.05, 0) is 30.0 Å². The van der Waals surface area contributed by atoms with Gasteiger partial charge in [0.2, 0.25) is 0 Å². The topological polar surface area (TPSA) is 85.4 Å². The molecule has 0 spiro atoms. The average Bonchev–Trinajstić information content (AvgIpc) is 2.54.